The molecule has 25 heavy (non-hydrogen) atoms. The Morgan fingerprint density at radius 3 is 2.68 bits per heavy atom. The summed E-state index contributed by atoms with van der Waals surface area (Å²) in [5, 5.41) is 3.79. The molecule has 3 aromatic rings. The molecule has 0 aromatic carbocycles. The molecule has 0 unspecified atom stereocenters. The zero-order valence-electron chi connectivity index (χ0n) is 14.5. The van der Waals surface area contributed by atoms with Crippen LogP contribution in [0.25, 0.3) is 5.65 Å². The van der Waals surface area contributed by atoms with Gasteiger partial charge < -0.3 is 13.8 Å². The fraction of sp³-hybridized carbons (Fsp3) is 0.389. The van der Waals surface area contributed by atoms with Crippen LogP contribution in [0.15, 0.2) is 35.1 Å². The molecule has 0 radical (unpaired) electrons. The van der Waals surface area contributed by atoms with E-state index in [2.05, 4.69) is 44.8 Å². The second-order valence-electron chi connectivity index (χ2n) is 6.61. The first-order valence-electron chi connectivity index (χ1n) is 8.48. The molecule has 1 saturated heterocycles. The lowest BCUT2D eigenvalue weighted by molar-refractivity contribution is 0.0587. The Morgan fingerprint density at radius 1 is 1.16 bits per heavy atom. The first-order chi connectivity index (χ1) is 12.1. The first-order valence-corrected chi connectivity index (χ1v) is 8.48. The number of hydrogen-bond donors (Lipinski definition) is 0. The van der Waals surface area contributed by atoms with Crippen molar-refractivity contribution in [1.82, 2.24) is 24.3 Å². The Morgan fingerprint density at radius 2 is 1.96 bits per heavy atom. The molecule has 4 rings (SSSR count). The molecule has 7 nitrogen and oxygen atoms in total. The van der Waals surface area contributed by atoms with Crippen LogP contribution in [-0.4, -0.2) is 56.4 Å². The van der Waals surface area contributed by atoms with Gasteiger partial charge in [0.15, 0.2) is 0 Å². The van der Waals surface area contributed by atoms with Gasteiger partial charge in [0.1, 0.15) is 5.65 Å². The lowest BCUT2D eigenvalue weighted by atomic mass is 10.2. The highest BCUT2D eigenvalue weighted by molar-refractivity contribution is 5.91. The highest BCUT2D eigenvalue weighted by Gasteiger charge is 2.25. The van der Waals surface area contributed by atoms with E-state index in [1.54, 1.807) is 6.07 Å². The third-order valence-corrected chi connectivity index (χ3v) is 4.53. The van der Waals surface area contributed by atoms with Crippen molar-refractivity contribution < 1.29 is 9.32 Å². The van der Waals surface area contributed by atoms with Gasteiger partial charge in [0.2, 0.25) is 5.76 Å². The first kappa shape index (κ1) is 15.8. The van der Waals surface area contributed by atoms with Crippen LogP contribution < -0.4 is 0 Å². The topological polar surface area (TPSA) is 66.9 Å². The molecule has 0 aliphatic carbocycles. The minimum Gasteiger partial charge on any atom is -0.351 e. The molecule has 1 fully saturated rings. The van der Waals surface area contributed by atoms with Crippen LogP contribution in [0.5, 0.6) is 0 Å². The molecule has 1 aliphatic heterocycles. The molecule has 4 heterocycles. The highest BCUT2D eigenvalue weighted by Crippen LogP contribution is 2.13. The van der Waals surface area contributed by atoms with E-state index in [-0.39, 0.29) is 5.91 Å². The van der Waals surface area contributed by atoms with Crippen molar-refractivity contribution in [2.24, 2.45) is 0 Å². The lowest BCUT2D eigenvalue weighted by Crippen LogP contribution is -2.48. The number of rotatable bonds is 3. The number of carbonyl (C=O) groups is 1. The number of carbonyl (C=O) groups excluding carboxylic acids is 1. The smallest absolute Gasteiger partial charge is 0.292 e. The van der Waals surface area contributed by atoms with Gasteiger partial charge in [-0.2, -0.15) is 0 Å². The zero-order chi connectivity index (χ0) is 17.4. The van der Waals surface area contributed by atoms with Gasteiger partial charge in [-0.05, 0) is 25.5 Å². The van der Waals surface area contributed by atoms with E-state index in [1.165, 1.54) is 5.56 Å². The van der Waals surface area contributed by atoms with Crippen molar-refractivity contribution in [3.63, 3.8) is 0 Å². The number of aryl methyl sites for hydroxylation is 2. The second kappa shape index (κ2) is 6.33. The lowest BCUT2D eigenvalue weighted by Gasteiger charge is -2.33. The van der Waals surface area contributed by atoms with Gasteiger partial charge in [-0.3, -0.25) is 9.69 Å². The number of imidazole rings is 1. The number of pyridine rings is 1. The number of hydrogen-bond acceptors (Lipinski definition) is 5. The van der Waals surface area contributed by atoms with Crippen LogP contribution in [0.2, 0.25) is 0 Å². The van der Waals surface area contributed by atoms with Crippen molar-refractivity contribution in [3.05, 3.63) is 53.3 Å². The van der Waals surface area contributed by atoms with E-state index in [9.17, 15) is 4.79 Å². The SMILES string of the molecule is Cc1ccc2nc(CN3CCN(C(=O)c4cc(C)no4)CC3)cn2c1. The second-order valence-corrected chi connectivity index (χ2v) is 6.61. The maximum absolute atomic E-state index is 12.4. The molecular weight excluding hydrogens is 318 g/mol. The van der Waals surface area contributed by atoms with Crippen molar-refractivity contribution >= 4 is 11.6 Å². The fourth-order valence-electron chi connectivity index (χ4n) is 3.19. The van der Waals surface area contributed by atoms with Crippen molar-refractivity contribution in [2.45, 2.75) is 20.4 Å². The number of nitrogens with zero attached hydrogens (tertiary/aromatic N) is 5. The van der Waals surface area contributed by atoms with Gasteiger partial charge in [0.25, 0.3) is 5.91 Å². The predicted octanol–water partition coefficient (Wildman–Crippen LogP) is 1.90. The Bertz CT molecular complexity index is 905. The fourth-order valence-corrected chi connectivity index (χ4v) is 3.19. The Kier molecular flexibility index (Phi) is 4.01. The molecule has 0 N–H and O–H groups in total. The summed E-state index contributed by atoms with van der Waals surface area (Å²) in [4.78, 5) is 21.2. The van der Waals surface area contributed by atoms with Crippen LogP contribution in [0.1, 0.15) is 27.5 Å². The van der Waals surface area contributed by atoms with Gasteiger partial charge in [0, 0.05) is 51.2 Å². The molecule has 1 aliphatic rings. The average Bonchev–Trinajstić information content (AvgIpc) is 3.20. The monoisotopic (exact) mass is 339 g/mol. The van der Waals surface area contributed by atoms with E-state index in [1.807, 2.05) is 17.9 Å². The molecule has 0 saturated carbocycles. The largest absolute Gasteiger partial charge is 0.351 e. The van der Waals surface area contributed by atoms with Gasteiger partial charge in [0.05, 0.1) is 11.4 Å². The summed E-state index contributed by atoms with van der Waals surface area (Å²) in [7, 11) is 0. The minimum absolute atomic E-state index is 0.0801. The minimum atomic E-state index is -0.0801. The predicted molar refractivity (Wildman–Crippen MR) is 92.3 cm³/mol. The van der Waals surface area contributed by atoms with Crippen molar-refractivity contribution in [3.8, 4) is 0 Å². The van der Waals surface area contributed by atoms with Crippen LogP contribution in [-0.2, 0) is 6.54 Å². The summed E-state index contributed by atoms with van der Waals surface area (Å²) >= 11 is 0. The molecule has 7 heteroatoms. The summed E-state index contributed by atoms with van der Waals surface area (Å²) in [6.07, 6.45) is 4.17. The summed E-state index contributed by atoms with van der Waals surface area (Å²) in [6.45, 7) is 7.71. The Labute approximate surface area is 145 Å². The highest BCUT2D eigenvalue weighted by atomic mass is 16.5. The summed E-state index contributed by atoms with van der Waals surface area (Å²) in [5.41, 5.74) is 3.96. The van der Waals surface area contributed by atoms with Crippen LogP contribution >= 0.6 is 0 Å². The standard InChI is InChI=1S/C18H21N5O2/c1-13-3-4-17-19-15(12-23(17)10-13)11-21-5-7-22(8-6-21)18(24)16-9-14(2)20-25-16/h3-4,9-10,12H,5-8,11H2,1-2H3. The third kappa shape index (κ3) is 3.28. The van der Waals surface area contributed by atoms with Crippen LogP contribution in [0, 0.1) is 13.8 Å². The third-order valence-electron chi connectivity index (χ3n) is 4.53. The molecule has 3 aromatic heterocycles. The van der Waals surface area contributed by atoms with Gasteiger partial charge >= 0.3 is 0 Å². The van der Waals surface area contributed by atoms with Crippen LogP contribution in [0.4, 0.5) is 0 Å². The van der Waals surface area contributed by atoms with Gasteiger partial charge in [-0.15, -0.1) is 0 Å². The zero-order valence-corrected chi connectivity index (χ0v) is 14.5. The van der Waals surface area contributed by atoms with Gasteiger partial charge in [-0.25, -0.2) is 4.98 Å². The van der Waals surface area contributed by atoms with E-state index < -0.39 is 0 Å². The number of fused-ring (bicyclic) bond motifs is 1. The number of amides is 1. The van der Waals surface area contributed by atoms with E-state index in [0.717, 1.165) is 36.7 Å². The normalized spacial score (nSPS) is 15.8. The Balaban J connectivity index is 1.37. The van der Waals surface area contributed by atoms with Crippen molar-refractivity contribution in [1.29, 1.82) is 0 Å². The summed E-state index contributed by atoms with van der Waals surface area (Å²) in [6, 6.07) is 5.80. The number of piperazine rings is 1. The molecular formula is C18H21N5O2. The summed E-state index contributed by atoms with van der Waals surface area (Å²) < 4.78 is 7.14. The molecule has 0 bridgehead atoms. The van der Waals surface area contributed by atoms with E-state index in [0.29, 0.717) is 18.8 Å². The Hall–Kier alpha value is -2.67. The quantitative estimate of drug-likeness (QED) is 0.729. The molecule has 0 atom stereocenters. The van der Waals surface area contributed by atoms with Crippen molar-refractivity contribution in [2.75, 3.05) is 26.2 Å². The van der Waals surface area contributed by atoms with E-state index in [4.69, 9.17) is 4.52 Å². The van der Waals surface area contributed by atoms with E-state index >= 15 is 0 Å². The number of aromatic nitrogens is 3. The summed E-state index contributed by atoms with van der Waals surface area (Å²) in [5.74, 6) is 0.241. The molecule has 130 valence electrons. The maximum atomic E-state index is 12.4. The molecule has 1 amide bonds. The average molecular weight is 339 g/mol. The molecule has 0 spiro atoms. The maximum Gasteiger partial charge on any atom is 0.292 e. The van der Waals surface area contributed by atoms with Crippen LogP contribution in [0.3, 0.4) is 0 Å². The van der Waals surface area contributed by atoms with Gasteiger partial charge in [-0.1, -0.05) is 11.2 Å².